The number of aryl methyl sites for hydroxylation is 1. The van der Waals surface area contributed by atoms with E-state index in [4.69, 9.17) is 12.9 Å². The number of rotatable bonds is 7. The van der Waals surface area contributed by atoms with Crippen molar-refractivity contribution in [3.05, 3.63) is 78.4 Å². The summed E-state index contributed by atoms with van der Waals surface area (Å²) >= 11 is 0. The first-order valence-corrected chi connectivity index (χ1v) is 11.0. The Hall–Kier alpha value is -2.64. The van der Waals surface area contributed by atoms with E-state index in [9.17, 15) is 0 Å². The zero-order valence-corrected chi connectivity index (χ0v) is 17.0. The lowest BCUT2D eigenvalue weighted by atomic mass is 10.1. The SMILES string of the molecule is CCCCCCc1ccccc1Op1oc2ccccc2c2ccccc2o1. The van der Waals surface area contributed by atoms with Crippen molar-refractivity contribution in [2.75, 3.05) is 0 Å². The lowest BCUT2D eigenvalue weighted by Crippen LogP contribution is -1.90. The van der Waals surface area contributed by atoms with Gasteiger partial charge in [0.15, 0.2) is 0 Å². The quantitative estimate of drug-likeness (QED) is 0.297. The topological polar surface area (TPSA) is 35.5 Å². The highest BCUT2D eigenvalue weighted by atomic mass is 31.1. The minimum atomic E-state index is -1.59. The summed E-state index contributed by atoms with van der Waals surface area (Å²) in [5, 5.41) is 2.05. The summed E-state index contributed by atoms with van der Waals surface area (Å²) in [6.45, 7) is 2.23. The van der Waals surface area contributed by atoms with E-state index in [0.29, 0.717) is 0 Å². The van der Waals surface area contributed by atoms with Crippen LogP contribution in [0.15, 0.2) is 81.2 Å². The first-order chi connectivity index (χ1) is 13.8. The minimum Gasteiger partial charge on any atom is -0.390 e. The van der Waals surface area contributed by atoms with Crippen LogP contribution in [0.1, 0.15) is 38.2 Å². The van der Waals surface area contributed by atoms with Crippen molar-refractivity contribution in [2.45, 2.75) is 39.0 Å². The maximum Gasteiger partial charge on any atom is 0.453 e. The van der Waals surface area contributed by atoms with Gasteiger partial charge in [-0.2, -0.15) is 0 Å². The first-order valence-electron chi connectivity index (χ1n) is 9.95. The molecule has 3 nitrogen and oxygen atoms in total. The molecule has 0 fully saturated rings. The number of benzene rings is 3. The van der Waals surface area contributed by atoms with Gasteiger partial charge in [-0.25, -0.2) is 0 Å². The Morgan fingerprint density at radius 3 is 2.00 bits per heavy atom. The number of unbranched alkanes of at least 4 members (excludes halogenated alkanes) is 3. The molecule has 0 N–H and O–H groups in total. The van der Waals surface area contributed by atoms with Crippen LogP contribution in [-0.2, 0) is 6.42 Å². The van der Waals surface area contributed by atoms with Crippen molar-refractivity contribution in [1.29, 1.82) is 0 Å². The molecule has 1 aromatic heterocycles. The van der Waals surface area contributed by atoms with Crippen LogP contribution in [0.4, 0.5) is 0 Å². The fraction of sp³-hybridized carbons (Fsp3) is 0.250. The highest BCUT2D eigenvalue weighted by Gasteiger charge is 2.10. The van der Waals surface area contributed by atoms with E-state index in [0.717, 1.165) is 34.1 Å². The Kier molecular flexibility index (Phi) is 6.04. The summed E-state index contributed by atoms with van der Waals surface area (Å²) in [6.07, 6.45) is 5.93. The van der Waals surface area contributed by atoms with Crippen LogP contribution in [0.25, 0.3) is 21.9 Å². The third-order valence-corrected chi connectivity index (χ3v) is 5.89. The van der Waals surface area contributed by atoms with E-state index in [2.05, 4.69) is 31.2 Å². The lowest BCUT2D eigenvalue weighted by Gasteiger charge is -2.08. The van der Waals surface area contributed by atoms with Gasteiger partial charge in [0.1, 0.15) is 16.9 Å². The maximum atomic E-state index is 6.26. The van der Waals surface area contributed by atoms with Crippen LogP contribution in [0.2, 0.25) is 0 Å². The minimum absolute atomic E-state index is 0.791. The first kappa shape index (κ1) is 18.7. The van der Waals surface area contributed by atoms with E-state index >= 15 is 0 Å². The van der Waals surface area contributed by atoms with Crippen LogP contribution in [0, 0.1) is 0 Å². The van der Waals surface area contributed by atoms with Gasteiger partial charge in [0, 0.05) is 10.8 Å². The normalized spacial score (nSPS) is 11.0. The van der Waals surface area contributed by atoms with Crippen molar-refractivity contribution >= 4 is 30.2 Å². The molecule has 4 heteroatoms. The Morgan fingerprint density at radius 2 is 1.32 bits per heavy atom. The number of hydrogen-bond acceptors (Lipinski definition) is 3. The second kappa shape index (κ2) is 9.03. The van der Waals surface area contributed by atoms with Crippen molar-refractivity contribution in [3.8, 4) is 5.75 Å². The Morgan fingerprint density at radius 1 is 0.714 bits per heavy atom. The second-order valence-electron chi connectivity index (χ2n) is 6.91. The van der Waals surface area contributed by atoms with Gasteiger partial charge in [-0.05, 0) is 36.6 Å². The molecule has 0 amide bonds. The molecule has 28 heavy (non-hydrogen) atoms. The van der Waals surface area contributed by atoms with Gasteiger partial charge in [-0.15, -0.1) is 0 Å². The summed E-state index contributed by atoms with van der Waals surface area (Å²) in [4.78, 5) is 0. The fourth-order valence-electron chi connectivity index (χ4n) is 3.38. The third kappa shape index (κ3) is 4.26. The summed E-state index contributed by atoms with van der Waals surface area (Å²) in [7, 11) is -1.59. The van der Waals surface area contributed by atoms with Crippen molar-refractivity contribution < 1.29 is 12.9 Å². The molecular formula is C24H25O3P. The Balaban J connectivity index is 1.72. The smallest absolute Gasteiger partial charge is 0.390 e. The molecule has 1 heterocycles. The van der Waals surface area contributed by atoms with E-state index < -0.39 is 8.24 Å². The van der Waals surface area contributed by atoms with Crippen LogP contribution < -0.4 is 4.52 Å². The highest BCUT2D eigenvalue weighted by Crippen LogP contribution is 2.38. The Labute approximate surface area is 166 Å². The molecule has 0 aliphatic heterocycles. The number of hydrogen-bond donors (Lipinski definition) is 0. The predicted molar refractivity (Wildman–Crippen MR) is 117 cm³/mol. The molecule has 0 radical (unpaired) electrons. The van der Waals surface area contributed by atoms with Crippen molar-refractivity contribution in [1.82, 2.24) is 0 Å². The zero-order valence-electron chi connectivity index (χ0n) is 16.1. The molecule has 0 saturated heterocycles. The molecule has 4 aromatic rings. The maximum absolute atomic E-state index is 6.26. The van der Waals surface area contributed by atoms with Crippen LogP contribution in [-0.4, -0.2) is 0 Å². The van der Waals surface area contributed by atoms with Gasteiger partial charge >= 0.3 is 8.24 Å². The third-order valence-electron chi connectivity index (χ3n) is 4.86. The number of para-hydroxylation sites is 3. The van der Waals surface area contributed by atoms with Crippen molar-refractivity contribution in [2.24, 2.45) is 0 Å². The van der Waals surface area contributed by atoms with E-state index in [1.54, 1.807) is 0 Å². The predicted octanol–water partition coefficient (Wildman–Crippen LogP) is 8.25. The highest BCUT2D eigenvalue weighted by molar-refractivity contribution is 7.32. The number of fused-ring (bicyclic) bond motifs is 3. The van der Waals surface area contributed by atoms with Crippen molar-refractivity contribution in [3.63, 3.8) is 0 Å². The van der Waals surface area contributed by atoms with Gasteiger partial charge in [0.05, 0.1) is 0 Å². The van der Waals surface area contributed by atoms with Gasteiger partial charge in [-0.3, -0.25) is 0 Å². The summed E-state index contributed by atoms with van der Waals surface area (Å²) in [6, 6.07) is 24.2. The fourth-order valence-corrected chi connectivity index (χ4v) is 4.47. The van der Waals surface area contributed by atoms with Gasteiger partial charge in [0.2, 0.25) is 0 Å². The molecule has 4 rings (SSSR count). The molecular weight excluding hydrogens is 367 g/mol. The van der Waals surface area contributed by atoms with E-state index in [-0.39, 0.29) is 0 Å². The van der Waals surface area contributed by atoms with E-state index in [1.807, 2.05) is 48.5 Å². The standard InChI is InChI=1S/C24H25O3P/c1-2-3-4-5-12-19-13-6-9-16-22(19)25-28-26-23-17-10-7-14-20(23)21-15-8-11-18-24(21)27-28/h6-11,13-18H,2-5,12H2,1H3. The average Bonchev–Trinajstić information content (AvgIpc) is 2.88. The summed E-state index contributed by atoms with van der Waals surface area (Å²) in [5.41, 5.74) is 2.79. The summed E-state index contributed by atoms with van der Waals surface area (Å²) in [5.74, 6) is 0.849. The van der Waals surface area contributed by atoms with Gasteiger partial charge in [0.25, 0.3) is 0 Å². The van der Waals surface area contributed by atoms with Crippen LogP contribution >= 0.6 is 8.24 Å². The van der Waals surface area contributed by atoms with Gasteiger partial charge in [-0.1, -0.05) is 80.8 Å². The Bertz CT molecular complexity index is 1040. The second-order valence-corrected chi connectivity index (χ2v) is 7.90. The molecule has 0 saturated carbocycles. The zero-order chi connectivity index (χ0) is 19.2. The molecule has 144 valence electrons. The lowest BCUT2D eigenvalue weighted by molar-refractivity contribution is 0.493. The molecule has 0 aliphatic rings. The van der Waals surface area contributed by atoms with Gasteiger partial charge < -0.3 is 12.9 Å². The molecule has 0 bridgehead atoms. The molecule has 3 aromatic carbocycles. The molecule has 0 spiro atoms. The summed E-state index contributed by atoms with van der Waals surface area (Å²) < 4.78 is 18.6. The largest absolute Gasteiger partial charge is 0.453 e. The monoisotopic (exact) mass is 392 g/mol. The van der Waals surface area contributed by atoms with Crippen LogP contribution in [0.3, 0.4) is 0 Å². The average molecular weight is 392 g/mol. The molecule has 0 aliphatic carbocycles. The molecule has 0 atom stereocenters. The molecule has 0 unspecified atom stereocenters. The van der Waals surface area contributed by atoms with E-state index in [1.165, 1.54) is 31.2 Å². The van der Waals surface area contributed by atoms with Crippen LogP contribution in [0.5, 0.6) is 5.75 Å².